The van der Waals surface area contributed by atoms with Gasteiger partial charge in [-0.05, 0) is 24.2 Å². The smallest absolute Gasteiger partial charge is 0.345 e. The second-order valence-corrected chi connectivity index (χ2v) is 4.43. The zero-order chi connectivity index (χ0) is 14.6. The van der Waals surface area contributed by atoms with Crippen molar-refractivity contribution in [2.24, 2.45) is 0 Å². The molecule has 2 aromatic rings. The molecule has 0 spiro atoms. The van der Waals surface area contributed by atoms with Crippen LogP contribution in [0.2, 0.25) is 0 Å². The number of fused-ring (bicyclic) bond motifs is 1. The molecule has 0 unspecified atom stereocenters. The molecule has 6 heteroatoms. The normalized spacial score (nSPS) is 12.2. The predicted molar refractivity (Wildman–Crippen MR) is 71.3 cm³/mol. The maximum Gasteiger partial charge on any atom is 0.522 e. The maximum atomic E-state index is 12.0. The maximum absolute atomic E-state index is 12.0. The van der Waals surface area contributed by atoms with E-state index in [1.807, 2.05) is 31.2 Å². The summed E-state index contributed by atoms with van der Waals surface area (Å²) in [5.74, 6) is 0. The van der Waals surface area contributed by atoms with Crippen molar-refractivity contribution in [1.82, 2.24) is 9.88 Å². The van der Waals surface area contributed by atoms with Crippen molar-refractivity contribution in [1.29, 1.82) is 0 Å². The van der Waals surface area contributed by atoms with Crippen LogP contribution >= 0.6 is 0 Å². The first-order valence-corrected chi connectivity index (χ1v) is 6.49. The van der Waals surface area contributed by atoms with Gasteiger partial charge < -0.3 is 9.88 Å². The fraction of sp³-hybridized carbons (Fsp3) is 0.429. The number of nitrogens with one attached hydrogen (secondary N) is 1. The monoisotopic (exact) mass is 286 g/mol. The lowest BCUT2D eigenvalue weighted by Gasteiger charge is -2.10. The fourth-order valence-electron chi connectivity index (χ4n) is 2.16. The van der Waals surface area contributed by atoms with Crippen molar-refractivity contribution in [3.63, 3.8) is 0 Å². The summed E-state index contributed by atoms with van der Waals surface area (Å²) in [6.45, 7) is 3.44. The molecule has 0 saturated carbocycles. The van der Waals surface area contributed by atoms with Crippen LogP contribution in [0.4, 0.5) is 13.2 Å². The van der Waals surface area contributed by atoms with E-state index in [9.17, 15) is 13.2 Å². The van der Waals surface area contributed by atoms with Crippen LogP contribution in [0.5, 0.6) is 0 Å². The standard InChI is InChI=1S/C14H17F3N2O/c1-2-18-10-11-4-3-5-13-12(11)6-7-19(13)8-9-20-14(15,16)17/h3-7,18H,2,8-10H2,1H3. The molecule has 0 amide bonds. The Morgan fingerprint density at radius 2 is 2.05 bits per heavy atom. The van der Waals surface area contributed by atoms with Crippen LogP contribution in [-0.2, 0) is 17.8 Å². The Morgan fingerprint density at radius 1 is 1.25 bits per heavy atom. The molecule has 3 nitrogen and oxygen atoms in total. The summed E-state index contributed by atoms with van der Waals surface area (Å²) in [4.78, 5) is 0. The molecule has 0 aliphatic heterocycles. The Bertz CT molecular complexity index is 563. The number of halogens is 3. The first-order chi connectivity index (χ1) is 9.51. The van der Waals surface area contributed by atoms with Crippen molar-refractivity contribution >= 4 is 10.9 Å². The van der Waals surface area contributed by atoms with Crippen molar-refractivity contribution in [2.45, 2.75) is 26.4 Å². The minimum Gasteiger partial charge on any atom is -0.345 e. The SMILES string of the molecule is CCNCc1cccc2c1ccn2CCOC(F)(F)F. The Balaban J connectivity index is 2.11. The minimum absolute atomic E-state index is 0.174. The third kappa shape index (κ3) is 3.74. The number of benzene rings is 1. The van der Waals surface area contributed by atoms with Gasteiger partial charge in [-0.1, -0.05) is 19.1 Å². The molecule has 1 aromatic heterocycles. The summed E-state index contributed by atoms with van der Waals surface area (Å²) in [5.41, 5.74) is 2.06. The Kier molecular flexibility index (Phi) is 4.67. The van der Waals surface area contributed by atoms with Gasteiger partial charge in [0.15, 0.2) is 0 Å². The van der Waals surface area contributed by atoms with E-state index in [4.69, 9.17) is 0 Å². The van der Waals surface area contributed by atoms with E-state index in [0.29, 0.717) is 0 Å². The van der Waals surface area contributed by atoms with Gasteiger partial charge in [0.05, 0.1) is 6.61 Å². The molecule has 0 radical (unpaired) electrons. The summed E-state index contributed by atoms with van der Waals surface area (Å²) < 4.78 is 41.5. The van der Waals surface area contributed by atoms with Crippen molar-refractivity contribution < 1.29 is 17.9 Å². The Hall–Kier alpha value is -1.53. The van der Waals surface area contributed by atoms with E-state index < -0.39 is 6.36 Å². The summed E-state index contributed by atoms with van der Waals surface area (Å²) in [5, 5.41) is 4.30. The van der Waals surface area contributed by atoms with Crippen molar-refractivity contribution in [3.05, 3.63) is 36.0 Å². The van der Waals surface area contributed by atoms with E-state index in [2.05, 4.69) is 10.1 Å². The topological polar surface area (TPSA) is 26.2 Å². The van der Waals surface area contributed by atoms with Gasteiger partial charge in [0.25, 0.3) is 0 Å². The van der Waals surface area contributed by atoms with Gasteiger partial charge in [-0.15, -0.1) is 13.2 Å². The molecule has 1 N–H and O–H groups in total. The number of ether oxygens (including phenoxy) is 1. The highest BCUT2D eigenvalue weighted by atomic mass is 19.4. The van der Waals surface area contributed by atoms with Crippen LogP contribution in [0.15, 0.2) is 30.5 Å². The zero-order valence-electron chi connectivity index (χ0n) is 11.2. The predicted octanol–water partition coefficient (Wildman–Crippen LogP) is 3.29. The molecule has 20 heavy (non-hydrogen) atoms. The van der Waals surface area contributed by atoms with E-state index in [0.717, 1.165) is 29.6 Å². The lowest BCUT2D eigenvalue weighted by atomic mass is 10.1. The molecule has 0 aliphatic carbocycles. The average molecular weight is 286 g/mol. The molecular formula is C14H17F3N2O. The van der Waals surface area contributed by atoms with Crippen LogP contribution in [0.25, 0.3) is 10.9 Å². The molecule has 1 aromatic carbocycles. The molecular weight excluding hydrogens is 269 g/mol. The number of hydrogen-bond donors (Lipinski definition) is 1. The summed E-state index contributed by atoms with van der Waals surface area (Å²) in [6.07, 6.45) is -2.78. The minimum atomic E-state index is -4.57. The van der Waals surface area contributed by atoms with Gasteiger partial charge in [-0.3, -0.25) is 4.74 Å². The van der Waals surface area contributed by atoms with Gasteiger partial charge in [-0.2, -0.15) is 0 Å². The first kappa shape index (κ1) is 14.9. The number of hydrogen-bond acceptors (Lipinski definition) is 2. The first-order valence-electron chi connectivity index (χ1n) is 6.49. The highest BCUT2D eigenvalue weighted by molar-refractivity contribution is 5.83. The Labute approximate surface area is 115 Å². The van der Waals surface area contributed by atoms with Gasteiger partial charge in [0, 0.05) is 30.2 Å². The number of aromatic nitrogens is 1. The lowest BCUT2D eigenvalue weighted by molar-refractivity contribution is -0.325. The summed E-state index contributed by atoms with van der Waals surface area (Å²) in [7, 11) is 0. The lowest BCUT2D eigenvalue weighted by Crippen LogP contribution is -2.17. The second-order valence-electron chi connectivity index (χ2n) is 4.43. The van der Waals surface area contributed by atoms with E-state index in [1.165, 1.54) is 0 Å². The second kappa shape index (κ2) is 6.28. The number of nitrogens with zero attached hydrogens (tertiary/aromatic N) is 1. The van der Waals surface area contributed by atoms with Crippen LogP contribution in [-0.4, -0.2) is 24.1 Å². The van der Waals surface area contributed by atoms with E-state index in [1.54, 1.807) is 10.8 Å². The molecule has 110 valence electrons. The van der Waals surface area contributed by atoms with Crippen LogP contribution in [0.3, 0.4) is 0 Å². The van der Waals surface area contributed by atoms with Crippen LogP contribution in [0, 0.1) is 0 Å². The van der Waals surface area contributed by atoms with Crippen molar-refractivity contribution in [2.75, 3.05) is 13.2 Å². The fourth-order valence-corrected chi connectivity index (χ4v) is 2.16. The van der Waals surface area contributed by atoms with Crippen LogP contribution in [0.1, 0.15) is 12.5 Å². The third-order valence-electron chi connectivity index (χ3n) is 3.07. The largest absolute Gasteiger partial charge is 0.522 e. The highest BCUT2D eigenvalue weighted by Crippen LogP contribution is 2.21. The molecule has 0 atom stereocenters. The van der Waals surface area contributed by atoms with Crippen molar-refractivity contribution in [3.8, 4) is 0 Å². The average Bonchev–Trinajstić information content (AvgIpc) is 2.79. The highest BCUT2D eigenvalue weighted by Gasteiger charge is 2.28. The zero-order valence-corrected chi connectivity index (χ0v) is 11.2. The number of alkyl halides is 3. The molecule has 0 aliphatic rings. The molecule has 0 saturated heterocycles. The van der Waals surface area contributed by atoms with Gasteiger partial charge in [0.1, 0.15) is 0 Å². The van der Waals surface area contributed by atoms with Gasteiger partial charge in [0.2, 0.25) is 0 Å². The summed E-state index contributed by atoms with van der Waals surface area (Å²) >= 11 is 0. The molecule has 0 fully saturated rings. The summed E-state index contributed by atoms with van der Waals surface area (Å²) in [6, 6.07) is 7.76. The number of rotatable bonds is 6. The van der Waals surface area contributed by atoms with Gasteiger partial charge in [-0.25, -0.2) is 0 Å². The van der Waals surface area contributed by atoms with Gasteiger partial charge >= 0.3 is 6.36 Å². The molecule has 1 heterocycles. The quantitative estimate of drug-likeness (QED) is 0.882. The Morgan fingerprint density at radius 3 is 2.75 bits per heavy atom. The van der Waals surface area contributed by atoms with E-state index in [-0.39, 0.29) is 13.2 Å². The van der Waals surface area contributed by atoms with Crippen LogP contribution < -0.4 is 5.32 Å². The third-order valence-corrected chi connectivity index (χ3v) is 3.07. The van der Waals surface area contributed by atoms with E-state index >= 15 is 0 Å². The molecule has 0 bridgehead atoms. The molecule has 2 rings (SSSR count).